The molecule has 0 radical (unpaired) electrons. The van der Waals surface area contributed by atoms with E-state index in [0.717, 1.165) is 12.7 Å². The standard InChI is InChI=1S/C22H30FN3O7/c1-13(2)18(26-22(31)33-12-15-8-6-5-7-9-15)20(29)24-14(3)19(28)25-17(21(30)32-4)10-16(27)11-23/h5-9,13-14,17-18H,10-12H2,1-4H3,(H,24,29)(H,25,28)(H,26,31)/t14-,17+,18-/m0/s1. The molecule has 11 heteroatoms. The molecule has 0 bridgehead atoms. The average molecular weight is 467 g/mol. The summed E-state index contributed by atoms with van der Waals surface area (Å²) in [4.78, 5) is 60.3. The summed E-state index contributed by atoms with van der Waals surface area (Å²) in [6, 6.07) is 5.45. The lowest BCUT2D eigenvalue weighted by Gasteiger charge is -2.24. The molecule has 0 saturated heterocycles. The van der Waals surface area contributed by atoms with Gasteiger partial charge in [0.1, 0.15) is 31.4 Å². The highest BCUT2D eigenvalue weighted by Gasteiger charge is 2.30. The van der Waals surface area contributed by atoms with E-state index < -0.39 is 60.9 Å². The van der Waals surface area contributed by atoms with Gasteiger partial charge in [-0.1, -0.05) is 44.2 Å². The van der Waals surface area contributed by atoms with Crippen LogP contribution in [0.5, 0.6) is 0 Å². The van der Waals surface area contributed by atoms with Gasteiger partial charge in [-0.15, -0.1) is 0 Å². The minimum Gasteiger partial charge on any atom is -0.467 e. The molecule has 1 aromatic rings. The van der Waals surface area contributed by atoms with E-state index in [0.29, 0.717) is 0 Å². The molecule has 0 unspecified atom stereocenters. The highest BCUT2D eigenvalue weighted by molar-refractivity contribution is 5.94. The van der Waals surface area contributed by atoms with Gasteiger partial charge in [0.25, 0.3) is 0 Å². The zero-order valence-corrected chi connectivity index (χ0v) is 19.1. The van der Waals surface area contributed by atoms with Gasteiger partial charge >= 0.3 is 12.1 Å². The van der Waals surface area contributed by atoms with E-state index >= 15 is 0 Å². The van der Waals surface area contributed by atoms with Crippen LogP contribution in [0.4, 0.5) is 9.18 Å². The quantitative estimate of drug-likeness (QED) is 0.390. The van der Waals surface area contributed by atoms with Crippen molar-refractivity contribution >= 4 is 29.7 Å². The first-order chi connectivity index (χ1) is 15.6. The molecular formula is C22H30FN3O7. The Labute approximate surface area is 191 Å². The van der Waals surface area contributed by atoms with Crippen LogP contribution in [-0.2, 0) is 35.3 Å². The number of carbonyl (C=O) groups excluding carboxylic acids is 5. The first kappa shape index (κ1) is 27.5. The number of carbonyl (C=O) groups is 5. The Kier molecular flexibility index (Phi) is 11.5. The van der Waals surface area contributed by atoms with Crippen LogP contribution in [0.2, 0.25) is 0 Å². The molecule has 0 aromatic heterocycles. The molecule has 3 atom stereocenters. The van der Waals surface area contributed by atoms with E-state index in [1.165, 1.54) is 6.92 Å². The van der Waals surface area contributed by atoms with Gasteiger partial charge in [0.2, 0.25) is 11.8 Å². The molecule has 0 aliphatic rings. The number of alkyl halides is 1. The van der Waals surface area contributed by atoms with Gasteiger partial charge in [-0.3, -0.25) is 14.4 Å². The maximum Gasteiger partial charge on any atom is 0.408 e. The molecule has 0 heterocycles. The average Bonchev–Trinajstić information content (AvgIpc) is 2.80. The van der Waals surface area contributed by atoms with Crippen molar-refractivity contribution in [2.24, 2.45) is 5.92 Å². The van der Waals surface area contributed by atoms with Crippen LogP contribution < -0.4 is 16.0 Å². The van der Waals surface area contributed by atoms with Gasteiger partial charge in [0.15, 0.2) is 5.78 Å². The van der Waals surface area contributed by atoms with Crippen LogP contribution in [0.3, 0.4) is 0 Å². The first-order valence-electron chi connectivity index (χ1n) is 10.3. The third-order valence-electron chi connectivity index (χ3n) is 4.57. The Balaban J connectivity index is 2.68. The number of ketones is 1. The molecular weight excluding hydrogens is 437 g/mol. The minimum absolute atomic E-state index is 0.0183. The van der Waals surface area contributed by atoms with Crippen LogP contribution in [-0.4, -0.2) is 61.6 Å². The van der Waals surface area contributed by atoms with E-state index in [-0.39, 0.29) is 12.5 Å². The van der Waals surface area contributed by atoms with Crippen molar-refractivity contribution in [3.05, 3.63) is 35.9 Å². The Bertz CT molecular complexity index is 833. The van der Waals surface area contributed by atoms with Crippen molar-refractivity contribution in [2.75, 3.05) is 13.8 Å². The Morgan fingerprint density at radius 1 is 0.939 bits per heavy atom. The van der Waals surface area contributed by atoms with Gasteiger partial charge < -0.3 is 25.4 Å². The highest BCUT2D eigenvalue weighted by Crippen LogP contribution is 2.06. The predicted molar refractivity (Wildman–Crippen MR) is 116 cm³/mol. The Hall–Kier alpha value is -3.50. The molecule has 3 N–H and O–H groups in total. The second-order valence-corrected chi connectivity index (χ2v) is 7.62. The second kappa shape index (κ2) is 13.8. The van der Waals surface area contributed by atoms with Crippen LogP contribution >= 0.6 is 0 Å². The fourth-order valence-corrected chi connectivity index (χ4v) is 2.71. The molecule has 0 spiro atoms. The second-order valence-electron chi connectivity index (χ2n) is 7.62. The monoisotopic (exact) mass is 467 g/mol. The van der Waals surface area contributed by atoms with Crippen molar-refractivity contribution in [1.82, 2.24) is 16.0 Å². The number of benzene rings is 1. The normalized spacial score (nSPS) is 13.3. The lowest BCUT2D eigenvalue weighted by Crippen LogP contribution is -2.56. The first-order valence-corrected chi connectivity index (χ1v) is 10.3. The van der Waals surface area contributed by atoms with E-state index in [9.17, 15) is 28.4 Å². The molecule has 33 heavy (non-hydrogen) atoms. The van der Waals surface area contributed by atoms with Crippen molar-refractivity contribution in [2.45, 2.75) is 51.9 Å². The summed E-state index contributed by atoms with van der Waals surface area (Å²) in [6.45, 7) is 3.47. The number of hydrogen-bond donors (Lipinski definition) is 3. The van der Waals surface area contributed by atoms with Crippen LogP contribution in [0.25, 0.3) is 0 Å². The zero-order chi connectivity index (χ0) is 25.0. The predicted octanol–water partition coefficient (Wildman–Crippen LogP) is 1.03. The number of rotatable bonds is 12. The highest BCUT2D eigenvalue weighted by atomic mass is 19.1. The van der Waals surface area contributed by atoms with E-state index in [4.69, 9.17) is 4.74 Å². The topological polar surface area (TPSA) is 140 Å². The van der Waals surface area contributed by atoms with E-state index in [2.05, 4.69) is 20.7 Å². The summed E-state index contributed by atoms with van der Waals surface area (Å²) in [5.74, 6) is -3.60. The number of alkyl carbamates (subject to hydrolysis) is 1. The maximum absolute atomic E-state index is 12.7. The summed E-state index contributed by atoms with van der Waals surface area (Å²) < 4.78 is 22.1. The van der Waals surface area contributed by atoms with Crippen molar-refractivity contribution < 1.29 is 37.8 Å². The Morgan fingerprint density at radius 3 is 2.12 bits per heavy atom. The fourth-order valence-electron chi connectivity index (χ4n) is 2.71. The van der Waals surface area contributed by atoms with Crippen molar-refractivity contribution in [3.63, 3.8) is 0 Å². The smallest absolute Gasteiger partial charge is 0.408 e. The molecule has 3 amide bonds. The van der Waals surface area contributed by atoms with Crippen molar-refractivity contribution in [1.29, 1.82) is 0 Å². The third-order valence-corrected chi connectivity index (χ3v) is 4.57. The van der Waals surface area contributed by atoms with Crippen LogP contribution in [0.15, 0.2) is 30.3 Å². The number of Topliss-reactive ketones (excluding diaryl/α,β-unsaturated/α-hetero) is 1. The summed E-state index contributed by atoms with van der Waals surface area (Å²) in [5, 5.41) is 7.16. The number of esters is 1. The molecule has 10 nitrogen and oxygen atoms in total. The number of ether oxygens (including phenoxy) is 2. The molecule has 0 aliphatic heterocycles. The lowest BCUT2D eigenvalue weighted by atomic mass is 10.0. The van der Waals surface area contributed by atoms with E-state index in [1.54, 1.807) is 38.1 Å². The van der Waals surface area contributed by atoms with Gasteiger partial charge in [-0.05, 0) is 18.4 Å². The molecule has 0 aliphatic carbocycles. The van der Waals surface area contributed by atoms with Crippen LogP contribution in [0, 0.1) is 5.92 Å². The molecule has 0 saturated carbocycles. The SMILES string of the molecule is COC(=O)[C@@H](CC(=O)CF)NC(=O)[C@H](C)NC(=O)[C@@H](NC(=O)OCc1ccccc1)C(C)C. The van der Waals surface area contributed by atoms with Gasteiger partial charge in [-0.2, -0.15) is 0 Å². The van der Waals surface area contributed by atoms with Crippen LogP contribution in [0.1, 0.15) is 32.8 Å². The number of amides is 3. The Morgan fingerprint density at radius 2 is 1.58 bits per heavy atom. The largest absolute Gasteiger partial charge is 0.467 e. The zero-order valence-electron chi connectivity index (χ0n) is 19.1. The number of nitrogens with one attached hydrogen (secondary N) is 3. The number of halogens is 1. The molecule has 0 fully saturated rings. The van der Waals surface area contributed by atoms with Gasteiger partial charge in [0, 0.05) is 6.42 Å². The van der Waals surface area contributed by atoms with E-state index in [1.807, 2.05) is 6.07 Å². The summed E-state index contributed by atoms with van der Waals surface area (Å²) in [7, 11) is 1.06. The van der Waals surface area contributed by atoms with Crippen molar-refractivity contribution in [3.8, 4) is 0 Å². The number of methoxy groups -OCH3 is 1. The molecule has 1 rings (SSSR count). The fraction of sp³-hybridized carbons (Fsp3) is 0.500. The lowest BCUT2D eigenvalue weighted by molar-refractivity contribution is -0.146. The summed E-state index contributed by atoms with van der Waals surface area (Å²) >= 11 is 0. The molecule has 1 aromatic carbocycles. The van der Waals surface area contributed by atoms with Gasteiger partial charge in [0.05, 0.1) is 7.11 Å². The minimum atomic E-state index is -1.39. The molecule has 182 valence electrons. The summed E-state index contributed by atoms with van der Waals surface area (Å²) in [6.07, 6.45) is -1.39. The third kappa shape index (κ3) is 9.67. The number of hydrogen-bond acceptors (Lipinski definition) is 7. The maximum atomic E-state index is 12.7. The summed E-state index contributed by atoms with van der Waals surface area (Å²) in [5.41, 5.74) is 0.773. The van der Waals surface area contributed by atoms with Gasteiger partial charge in [-0.25, -0.2) is 14.0 Å².